The highest BCUT2D eigenvalue weighted by Gasteiger charge is 1.96. The fraction of sp³-hybridized carbons (Fsp3) is 0.154. The van der Waals surface area contributed by atoms with Crippen LogP contribution in [0.2, 0.25) is 0 Å². The molecule has 0 aliphatic rings. The predicted octanol–water partition coefficient (Wildman–Crippen LogP) is 5.67. The number of hydrogen-bond donors (Lipinski definition) is 0. The van der Waals surface area contributed by atoms with Crippen LogP contribution in [0.1, 0.15) is 45.9 Å². The summed E-state index contributed by atoms with van der Waals surface area (Å²) >= 11 is 0. The molecular weight excluding hydrogens is 312 g/mol. The van der Waals surface area contributed by atoms with Crippen molar-refractivity contribution in [3.05, 3.63) is 106 Å². The summed E-state index contributed by atoms with van der Waals surface area (Å²) in [6.45, 7) is 6.33. The lowest BCUT2D eigenvalue weighted by molar-refractivity contribution is 1.14. The SMILES string of the molecule is CCc1ccc(C#Cc2ccc(C#Cc3ccc(C)cc3)c(C)c2)cc1. The normalized spacial score (nSPS) is 9.65. The highest BCUT2D eigenvalue weighted by Crippen LogP contribution is 2.11. The highest BCUT2D eigenvalue weighted by atomic mass is 14.0. The van der Waals surface area contributed by atoms with E-state index in [1.54, 1.807) is 0 Å². The van der Waals surface area contributed by atoms with E-state index in [2.05, 4.69) is 105 Å². The molecule has 0 saturated heterocycles. The topological polar surface area (TPSA) is 0 Å². The highest BCUT2D eigenvalue weighted by molar-refractivity contribution is 5.51. The van der Waals surface area contributed by atoms with Crippen molar-refractivity contribution < 1.29 is 0 Å². The lowest BCUT2D eigenvalue weighted by atomic mass is 10.0. The quantitative estimate of drug-likeness (QED) is 0.503. The molecule has 0 atom stereocenters. The van der Waals surface area contributed by atoms with E-state index in [9.17, 15) is 0 Å². The molecule has 0 aliphatic carbocycles. The van der Waals surface area contributed by atoms with Crippen LogP contribution in [0.15, 0.2) is 66.7 Å². The van der Waals surface area contributed by atoms with Crippen LogP contribution in [0, 0.1) is 37.5 Å². The lowest BCUT2D eigenvalue weighted by Crippen LogP contribution is -1.85. The van der Waals surface area contributed by atoms with Crippen molar-refractivity contribution in [3.63, 3.8) is 0 Å². The van der Waals surface area contributed by atoms with E-state index < -0.39 is 0 Å². The molecule has 0 radical (unpaired) electrons. The van der Waals surface area contributed by atoms with Crippen LogP contribution in [-0.2, 0) is 6.42 Å². The Morgan fingerprint density at radius 3 is 1.77 bits per heavy atom. The molecule has 26 heavy (non-hydrogen) atoms. The van der Waals surface area contributed by atoms with Crippen molar-refractivity contribution in [2.24, 2.45) is 0 Å². The molecule has 3 rings (SSSR count). The van der Waals surface area contributed by atoms with Gasteiger partial charge >= 0.3 is 0 Å². The van der Waals surface area contributed by atoms with E-state index in [4.69, 9.17) is 0 Å². The number of hydrogen-bond acceptors (Lipinski definition) is 0. The van der Waals surface area contributed by atoms with Gasteiger partial charge in [0.25, 0.3) is 0 Å². The standard InChI is InChI=1S/C26H22/c1-4-22-9-11-24(12-10-22)13-14-25-16-18-26(21(3)19-25)17-15-23-7-5-20(2)6-8-23/h5-12,16,18-19H,4H2,1-3H3. The summed E-state index contributed by atoms with van der Waals surface area (Å²) in [7, 11) is 0. The lowest BCUT2D eigenvalue weighted by Gasteiger charge is -1.99. The minimum Gasteiger partial charge on any atom is -0.0617 e. The van der Waals surface area contributed by atoms with E-state index in [0.29, 0.717) is 0 Å². The van der Waals surface area contributed by atoms with E-state index in [0.717, 1.165) is 34.2 Å². The first kappa shape index (κ1) is 17.6. The molecule has 0 fully saturated rings. The summed E-state index contributed by atoms with van der Waals surface area (Å²) < 4.78 is 0. The molecule has 0 heteroatoms. The van der Waals surface area contributed by atoms with Crippen molar-refractivity contribution in [2.75, 3.05) is 0 Å². The predicted molar refractivity (Wildman–Crippen MR) is 110 cm³/mol. The van der Waals surface area contributed by atoms with Gasteiger partial charge in [0.1, 0.15) is 0 Å². The second-order valence-corrected chi connectivity index (χ2v) is 6.45. The van der Waals surface area contributed by atoms with Gasteiger partial charge in [0.15, 0.2) is 0 Å². The number of rotatable bonds is 1. The van der Waals surface area contributed by atoms with Crippen LogP contribution < -0.4 is 0 Å². The van der Waals surface area contributed by atoms with Gasteiger partial charge in [-0.1, -0.05) is 60.4 Å². The minimum atomic E-state index is 1.02. The Hall–Kier alpha value is -3.22. The number of aryl methyl sites for hydroxylation is 3. The van der Waals surface area contributed by atoms with Crippen LogP contribution in [0.3, 0.4) is 0 Å². The summed E-state index contributed by atoms with van der Waals surface area (Å²) in [6, 6.07) is 22.9. The van der Waals surface area contributed by atoms with Gasteiger partial charge in [-0.05, 0) is 73.9 Å². The summed E-state index contributed by atoms with van der Waals surface area (Å²) in [5.41, 5.74) is 7.88. The van der Waals surface area contributed by atoms with Gasteiger partial charge in [0, 0.05) is 22.3 Å². The average Bonchev–Trinajstić information content (AvgIpc) is 2.67. The maximum Gasteiger partial charge on any atom is 0.0279 e. The Morgan fingerprint density at radius 2 is 1.15 bits per heavy atom. The van der Waals surface area contributed by atoms with Crippen LogP contribution in [0.4, 0.5) is 0 Å². The van der Waals surface area contributed by atoms with E-state index in [1.165, 1.54) is 11.1 Å². The van der Waals surface area contributed by atoms with Gasteiger partial charge in [-0.2, -0.15) is 0 Å². The summed E-state index contributed by atoms with van der Waals surface area (Å²) in [6.07, 6.45) is 1.05. The summed E-state index contributed by atoms with van der Waals surface area (Å²) in [5, 5.41) is 0. The molecule has 3 aromatic carbocycles. The van der Waals surface area contributed by atoms with Crippen molar-refractivity contribution in [3.8, 4) is 23.7 Å². The Balaban J connectivity index is 1.77. The average molecular weight is 334 g/mol. The first-order chi connectivity index (χ1) is 12.6. The molecule has 0 amide bonds. The monoisotopic (exact) mass is 334 g/mol. The van der Waals surface area contributed by atoms with Gasteiger partial charge in [0.2, 0.25) is 0 Å². The van der Waals surface area contributed by atoms with Gasteiger partial charge in [-0.15, -0.1) is 0 Å². The third-order valence-electron chi connectivity index (χ3n) is 4.33. The molecule has 0 nitrogen and oxygen atoms in total. The zero-order chi connectivity index (χ0) is 18.4. The van der Waals surface area contributed by atoms with Gasteiger partial charge in [0.05, 0.1) is 0 Å². The summed E-state index contributed by atoms with van der Waals surface area (Å²) in [4.78, 5) is 0. The first-order valence-electron chi connectivity index (χ1n) is 8.94. The molecule has 0 unspecified atom stereocenters. The van der Waals surface area contributed by atoms with Gasteiger partial charge in [-0.25, -0.2) is 0 Å². The minimum absolute atomic E-state index is 1.02. The molecule has 126 valence electrons. The van der Waals surface area contributed by atoms with Crippen molar-refractivity contribution in [1.82, 2.24) is 0 Å². The molecule has 0 aliphatic heterocycles. The largest absolute Gasteiger partial charge is 0.0617 e. The van der Waals surface area contributed by atoms with Crippen LogP contribution in [0.5, 0.6) is 0 Å². The molecule has 0 saturated carbocycles. The molecule has 0 aromatic heterocycles. The first-order valence-corrected chi connectivity index (χ1v) is 8.94. The van der Waals surface area contributed by atoms with E-state index >= 15 is 0 Å². The second-order valence-electron chi connectivity index (χ2n) is 6.45. The van der Waals surface area contributed by atoms with Crippen LogP contribution in [-0.4, -0.2) is 0 Å². The molecule has 3 aromatic rings. The Labute approximate surface area is 156 Å². The third-order valence-corrected chi connectivity index (χ3v) is 4.33. The van der Waals surface area contributed by atoms with Crippen molar-refractivity contribution in [1.29, 1.82) is 0 Å². The summed E-state index contributed by atoms with van der Waals surface area (Å²) in [5.74, 6) is 13.0. The Bertz CT molecular complexity index is 1010. The van der Waals surface area contributed by atoms with Crippen LogP contribution in [0.25, 0.3) is 0 Å². The maximum atomic E-state index is 3.26. The fourth-order valence-electron chi connectivity index (χ4n) is 2.63. The van der Waals surface area contributed by atoms with Gasteiger partial charge in [-0.3, -0.25) is 0 Å². The zero-order valence-corrected chi connectivity index (χ0v) is 15.6. The van der Waals surface area contributed by atoms with E-state index in [-0.39, 0.29) is 0 Å². The van der Waals surface area contributed by atoms with Crippen molar-refractivity contribution >= 4 is 0 Å². The maximum absolute atomic E-state index is 3.26. The third kappa shape index (κ3) is 4.66. The molecule has 0 spiro atoms. The van der Waals surface area contributed by atoms with Crippen LogP contribution >= 0.6 is 0 Å². The Kier molecular flexibility index (Phi) is 5.58. The second kappa shape index (κ2) is 8.24. The van der Waals surface area contributed by atoms with Crippen molar-refractivity contribution in [2.45, 2.75) is 27.2 Å². The molecule has 0 heterocycles. The molecular formula is C26H22. The Morgan fingerprint density at radius 1 is 0.615 bits per heavy atom. The molecule has 0 bridgehead atoms. The molecule has 0 N–H and O–H groups in total. The number of benzene rings is 3. The zero-order valence-electron chi connectivity index (χ0n) is 15.6. The fourth-order valence-corrected chi connectivity index (χ4v) is 2.63. The van der Waals surface area contributed by atoms with E-state index in [1.807, 2.05) is 6.07 Å². The van der Waals surface area contributed by atoms with Gasteiger partial charge < -0.3 is 0 Å². The smallest absolute Gasteiger partial charge is 0.0279 e.